The molecule has 4 N–H and O–H groups in total. The first kappa shape index (κ1) is 22.1. The normalized spacial score (nSPS) is 16.4. The van der Waals surface area contributed by atoms with E-state index in [2.05, 4.69) is 24.5 Å². The lowest BCUT2D eigenvalue weighted by molar-refractivity contribution is -0.119. The first-order valence-electron chi connectivity index (χ1n) is 10.6. The topological polar surface area (TPSA) is 88.7 Å². The van der Waals surface area contributed by atoms with Crippen molar-refractivity contribution < 1.29 is 9.53 Å². The summed E-state index contributed by atoms with van der Waals surface area (Å²) in [6.07, 6.45) is 9.48. The minimum absolute atomic E-state index is 0.116. The number of carbonyl (C=O) groups excluding carboxylic acids is 1. The number of benzene rings is 1. The molecule has 1 aromatic rings. The molecule has 1 aliphatic carbocycles. The number of primary amides is 1. The van der Waals surface area contributed by atoms with E-state index in [1.54, 1.807) is 0 Å². The molecule has 28 heavy (non-hydrogen) atoms. The zero-order valence-electron chi connectivity index (χ0n) is 17.4. The van der Waals surface area contributed by atoms with Gasteiger partial charge in [-0.1, -0.05) is 44.2 Å². The maximum absolute atomic E-state index is 10.9. The summed E-state index contributed by atoms with van der Waals surface area (Å²) < 4.78 is 5.36. The van der Waals surface area contributed by atoms with Crippen LogP contribution in [0.2, 0.25) is 0 Å². The van der Waals surface area contributed by atoms with E-state index in [4.69, 9.17) is 15.5 Å². The Morgan fingerprint density at radius 3 is 2.82 bits per heavy atom. The van der Waals surface area contributed by atoms with Gasteiger partial charge in [0.05, 0.1) is 6.54 Å². The number of guanidine groups is 1. The quantitative estimate of drug-likeness (QED) is 0.424. The molecule has 0 aromatic heterocycles. The molecule has 0 bridgehead atoms. The lowest BCUT2D eigenvalue weighted by Crippen LogP contribution is -2.42. The number of carbonyl (C=O) groups is 1. The summed E-state index contributed by atoms with van der Waals surface area (Å²) in [7, 11) is 0. The SMILES string of the molecule is CCNC(=NCc1cccc(OCC(N)=O)c1)NC(C)CCC1CCCCC1. The lowest BCUT2D eigenvalue weighted by Gasteiger charge is -2.24. The van der Waals surface area contributed by atoms with Crippen LogP contribution in [0.15, 0.2) is 29.3 Å². The zero-order valence-corrected chi connectivity index (χ0v) is 17.4. The van der Waals surface area contributed by atoms with Crippen LogP contribution in [0.25, 0.3) is 0 Å². The number of nitrogens with two attached hydrogens (primary N) is 1. The number of rotatable bonds is 10. The predicted octanol–water partition coefficient (Wildman–Crippen LogP) is 3.35. The van der Waals surface area contributed by atoms with Gasteiger partial charge in [-0.3, -0.25) is 4.79 Å². The van der Waals surface area contributed by atoms with Crippen molar-refractivity contribution in [2.75, 3.05) is 13.2 Å². The summed E-state index contributed by atoms with van der Waals surface area (Å²) in [5.74, 6) is 1.89. The Morgan fingerprint density at radius 2 is 2.11 bits per heavy atom. The van der Waals surface area contributed by atoms with Crippen LogP contribution < -0.4 is 21.1 Å². The number of amides is 1. The highest BCUT2D eigenvalue weighted by atomic mass is 16.5. The van der Waals surface area contributed by atoms with E-state index in [1.165, 1.54) is 44.9 Å². The van der Waals surface area contributed by atoms with Crippen molar-refractivity contribution in [2.45, 2.75) is 71.4 Å². The van der Waals surface area contributed by atoms with E-state index in [9.17, 15) is 4.79 Å². The van der Waals surface area contributed by atoms with Crippen LogP contribution in [0.3, 0.4) is 0 Å². The third-order valence-electron chi connectivity index (χ3n) is 5.16. The second-order valence-electron chi connectivity index (χ2n) is 7.72. The molecular formula is C22H36N4O2. The molecule has 0 heterocycles. The van der Waals surface area contributed by atoms with Crippen molar-refractivity contribution in [3.05, 3.63) is 29.8 Å². The molecule has 6 nitrogen and oxygen atoms in total. The van der Waals surface area contributed by atoms with Gasteiger partial charge in [0.2, 0.25) is 0 Å². The van der Waals surface area contributed by atoms with Crippen LogP contribution >= 0.6 is 0 Å². The molecule has 1 atom stereocenters. The van der Waals surface area contributed by atoms with Crippen molar-refractivity contribution in [3.8, 4) is 5.75 Å². The minimum Gasteiger partial charge on any atom is -0.484 e. The van der Waals surface area contributed by atoms with Gasteiger partial charge in [-0.2, -0.15) is 0 Å². The molecule has 0 aliphatic heterocycles. The summed E-state index contributed by atoms with van der Waals surface area (Å²) in [6, 6.07) is 7.99. The maximum atomic E-state index is 10.9. The monoisotopic (exact) mass is 388 g/mol. The second kappa shape index (κ2) is 12.3. The van der Waals surface area contributed by atoms with Crippen LogP contribution in [0, 0.1) is 5.92 Å². The van der Waals surface area contributed by atoms with Crippen molar-refractivity contribution >= 4 is 11.9 Å². The number of hydrogen-bond donors (Lipinski definition) is 3. The fourth-order valence-corrected chi connectivity index (χ4v) is 3.65. The summed E-state index contributed by atoms with van der Waals surface area (Å²) in [6.45, 7) is 5.55. The van der Waals surface area contributed by atoms with Gasteiger partial charge in [0, 0.05) is 12.6 Å². The number of aliphatic imine (C=N–C) groups is 1. The Balaban J connectivity index is 1.85. The Morgan fingerprint density at radius 1 is 1.32 bits per heavy atom. The number of nitrogens with one attached hydrogen (secondary N) is 2. The van der Waals surface area contributed by atoms with Gasteiger partial charge < -0.3 is 21.1 Å². The lowest BCUT2D eigenvalue weighted by atomic mass is 9.85. The van der Waals surface area contributed by atoms with Crippen LogP contribution in [0.4, 0.5) is 0 Å². The summed E-state index contributed by atoms with van der Waals surface area (Å²) in [4.78, 5) is 15.6. The standard InChI is InChI=1S/C22H36N4O2/c1-3-24-22(26-17(2)12-13-18-8-5-4-6-9-18)25-15-19-10-7-11-20(14-19)28-16-21(23)27/h7,10-11,14,17-18H,3-6,8-9,12-13,15-16H2,1-2H3,(H2,23,27)(H2,24,25,26). The molecule has 1 fully saturated rings. The molecule has 1 aromatic carbocycles. The van der Waals surface area contributed by atoms with E-state index in [0.717, 1.165) is 24.0 Å². The second-order valence-corrected chi connectivity index (χ2v) is 7.72. The molecule has 0 radical (unpaired) electrons. The van der Waals surface area contributed by atoms with Gasteiger partial charge in [-0.05, 0) is 50.3 Å². The van der Waals surface area contributed by atoms with E-state index in [-0.39, 0.29) is 6.61 Å². The smallest absolute Gasteiger partial charge is 0.255 e. The van der Waals surface area contributed by atoms with Crippen LogP contribution in [-0.2, 0) is 11.3 Å². The van der Waals surface area contributed by atoms with E-state index in [0.29, 0.717) is 18.3 Å². The van der Waals surface area contributed by atoms with Gasteiger partial charge in [0.25, 0.3) is 5.91 Å². The Hall–Kier alpha value is -2.24. The molecule has 156 valence electrons. The number of ether oxygens (including phenoxy) is 1. The molecule has 0 saturated heterocycles. The van der Waals surface area contributed by atoms with Crippen molar-refractivity contribution in [1.82, 2.24) is 10.6 Å². The molecule has 1 unspecified atom stereocenters. The maximum Gasteiger partial charge on any atom is 0.255 e. The molecular weight excluding hydrogens is 352 g/mol. The zero-order chi connectivity index (χ0) is 20.2. The van der Waals surface area contributed by atoms with E-state index >= 15 is 0 Å². The molecule has 6 heteroatoms. The summed E-state index contributed by atoms with van der Waals surface area (Å²) in [5, 5.41) is 6.85. The van der Waals surface area contributed by atoms with Crippen LogP contribution in [0.5, 0.6) is 5.75 Å². The third-order valence-corrected chi connectivity index (χ3v) is 5.16. The average molecular weight is 389 g/mol. The first-order valence-corrected chi connectivity index (χ1v) is 10.6. The van der Waals surface area contributed by atoms with Gasteiger partial charge >= 0.3 is 0 Å². The summed E-state index contributed by atoms with van der Waals surface area (Å²) in [5.41, 5.74) is 6.15. The molecule has 1 aliphatic rings. The Kier molecular flexibility index (Phi) is 9.66. The highest BCUT2D eigenvalue weighted by Gasteiger charge is 2.15. The van der Waals surface area contributed by atoms with Gasteiger partial charge in [-0.25, -0.2) is 4.99 Å². The Labute approximate surface area is 169 Å². The van der Waals surface area contributed by atoms with Gasteiger partial charge in [0.1, 0.15) is 5.75 Å². The predicted molar refractivity (Wildman–Crippen MR) is 114 cm³/mol. The fourth-order valence-electron chi connectivity index (χ4n) is 3.65. The molecule has 2 rings (SSSR count). The third kappa shape index (κ3) is 8.63. The highest BCUT2D eigenvalue weighted by Crippen LogP contribution is 2.27. The van der Waals surface area contributed by atoms with Crippen molar-refractivity contribution in [1.29, 1.82) is 0 Å². The highest BCUT2D eigenvalue weighted by molar-refractivity contribution is 5.80. The van der Waals surface area contributed by atoms with Gasteiger partial charge in [-0.15, -0.1) is 0 Å². The van der Waals surface area contributed by atoms with Crippen LogP contribution in [-0.4, -0.2) is 31.1 Å². The fraction of sp³-hybridized carbons (Fsp3) is 0.636. The average Bonchev–Trinajstić information content (AvgIpc) is 2.70. The minimum atomic E-state index is -0.482. The Bertz CT molecular complexity index is 627. The number of hydrogen-bond acceptors (Lipinski definition) is 3. The van der Waals surface area contributed by atoms with E-state index in [1.807, 2.05) is 24.3 Å². The summed E-state index contributed by atoms with van der Waals surface area (Å²) >= 11 is 0. The van der Waals surface area contributed by atoms with Gasteiger partial charge in [0.15, 0.2) is 12.6 Å². The number of nitrogens with zero attached hydrogens (tertiary/aromatic N) is 1. The van der Waals surface area contributed by atoms with Crippen LogP contribution in [0.1, 0.15) is 64.4 Å². The molecule has 1 amide bonds. The first-order chi connectivity index (χ1) is 13.6. The van der Waals surface area contributed by atoms with E-state index < -0.39 is 5.91 Å². The molecule has 1 saturated carbocycles. The van der Waals surface area contributed by atoms with Crippen molar-refractivity contribution in [2.24, 2.45) is 16.6 Å². The molecule has 0 spiro atoms. The largest absolute Gasteiger partial charge is 0.484 e. The van der Waals surface area contributed by atoms with Crippen molar-refractivity contribution in [3.63, 3.8) is 0 Å².